The third-order valence-corrected chi connectivity index (χ3v) is 5.91. The molecule has 0 unspecified atom stereocenters. The average molecular weight is 449 g/mol. The Hall–Kier alpha value is -3.85. The van der Waals surface area contributed by atoms with E-state index < -0.39 is 0 Å². The Labute approximate surface area is 186 Å². The highest BCUT2D eigenvalue weighted by atomic mass is 32.1. The van der Waals surface area contributed by atoms with Crippen molar-refractivity contribution in [2.75, 3.05) is 17.6 Å². The largest absolute Gasteiger partial charge is 0.383 e. The number of nitrogens with zero attached hydrogens (tertiary/aromatic N) is 4. The van der Waals surface area contributed by atoms with Gasteiger partial charge < -0.3 is 11.1 Å². The van der Waals surface area contributed by atoms with Crippen molar-refractivity contribution in [3.8, 4) is 16.9 Å². The molecule has 0 radical (unpaired) electrons. The number of rotatable bonds is 6. The van der Waals surface area contributed by atoms with Gasteiger partial charge in [0.25, 0.3) is 0 Å². The number of halogens is 2. The maximum Gasteiger partial charge on any atom is 0.225 e. The van der Waals surface area contributed by atoms with E-state index in [9.17, 15) is 8.78 Å². The van der Waals surface area contributed by atoms with Crippen molar-refractivity contribution in [2.24, 2.45) is 0 Å². The molecule has 0 bridgehead atoms. The number of anilines is 2. The molecule has 3 aromatic heterocycles. The molecular formula is C23H18F2N6S. The topological polar surface area (TPSA) is 81.7 Å². The maximum atomic E-state index is 14.0. The third-order valence-electron chi connectivity index (χ3n) is 4.97. The minimum Gasteiger partial charge on any atom is -0.383 e. The zero-order chi connectivity index (χ0) is 22.1. The Kier molecular flexibility index (Phi) is 5.24. The van der Waals surface area contributed by atoms with E-state index in [1.54, 1.807) is 35.6 Å². The van der Waals surface area contributed by atoms with Crippen molar-refractivity contribution in [3.63, 3.8) is 0 Å². The molecule has 5 rings (SSSR count). The fourth-order valence-electron chi connectivity index (χ4n) is 3.47. The van der Waals surface area contributed by atoms with E-state index in [1.165, 1.54) is 33.8 Å². The van der Waals surface area contributed by atoms with Crippen LogP contribution in [0.5, 0.6) is 0 Å². The summed E-state index contributed by atoms with van der Waals surface area (Å²) in [5.41, 5.74) is 8.39. The van der Waals surface area contributed by atoms with Crippen LogP contribution in [-0.4, -0.2) is 26.3 Å². The summed E-state index contributed by atoms with van der Waals surface area (Å²) in [7, 11) is 0. The number of nitrogens with two attached hydrogens (primary N) is 1. The van der Waals surface area contributed by atoms with E-state index >= 15 is 0 Å². The fourth-order valence-corrected chi connectivity index (χ4v) is 4.18. The number of benzene rings is 2. The SMILES string of the molecule is Nc1c2c(-c3cccc(F)c3)nc(NCCc3cccs3)nc2nn1-c1ccc(F)cc1. The summed E-state index contributed by atoms with van der Waals surface area (Å²) < 4.78 is 28.8. The number of thiophene rings is 1. The van der Waals surface area contributed by atoms with Crippen LogP contribution in [0.2, 0.25) is 0 Å². The molecule has 160 valence electrons. The van der Waals surface area contributed by atoms with Crippen LogP contribution in [0, 0.1) is 11.6 Å². The minimum absolute atomic E-state index is 0.288. The molecule has 0 aliphatic carbocycles. The zero-order valence-electron chi connectivity index (χ0n) is 16.8. The number of fused-ring (bicyclic) bond motifs is 1. The van der Waals surface area contributed by atoms with Crippen molar-refractivity contribution in [1.82, 2.24) is 19.7 Å². The lowest BCUT2D eigenvalue weighted by molar-refractivity contribution is 0.627. The number of aromatic nitrogens is 4. The van der Waals surface area contributed by atoms with E-state index in [-0.39, 0.29) is 17.5 Å². The van der Waals surface area contributed by atoms with Gasteiger partial charge >= 0.3 is 0 Å². The number of hydrogen-bond donors (Lipinski definition) is 2. The molecule has 2 aromatic carbocycles. The minimum atomic E-state index is -0.383. The monoisotopic (exact) mass is 448 g/mol. The van der Waals surface area contributed by atoms with Gasteiger partial charge in [-0.05, 0) is 54.3 Å². The third kappa shape index (κ3) is 3.90. The molecule has 0 aliphatic rings. The molecule has 6 nitrogen and oxygen atoms in total. The predicted molar refractivity (Wildman–Crippen MR) is 123 cm³/mol. The molecular weight excluding hydrogens is 430 g/mol. The lowest BCUT2D eigenvalue weighted by atomic mass is 10.1. The number of nitrogen functional groups attached to an aromatic ring is 1. The van der Waals surface area contributed by atoms with E-state index in [0.717, 1.165) is 6.42 Å². The van der Waals surface area contributed by atoms with Crippen LogP contribution < -0.4 is 11.1 Å². The summed E-state index contributed by atoms with van der Waals surface area (Å²) in [6, 6.07) is 16.0. The fraction of sp³-hybridized carbons (Fsp3) is 0.0870. The molecule has 3 heterocycles. The molecule has 0 spiro atoms. The van der Waals surface area contributed by atoms with E-state index in [0.29, 0.717) is 40.5 Å². The van der Waals surface area contributed by atoms with Crippen molar-refractivity contribution in [2.45, 2.75) is 6.42 Å². The second kappa shape index (κ2) is 8.35. The van der Waals surface area contributed by atoms with Crippen LogP contribution in [-0.2, 0) is 6.42 Å². The molecule has 5 aromatic rings. The Morgan fingerprint density at radius 1 is 0.969 bits per heavy atom. The Balaban J connectivity index is 1.60. The molecule has 0 saturated carbocycles. The first-order valence-corrected chi connectivity index (χ1v) is 10.8. The first-order chi connectivity index (χ1) is 15.6. The molecule has 0 saturated heterocycles. The molecule has 0 fully saturated rings. The first kappa shape index (κ1) is 20.1. The lowest BCUT2D eigenvalue weighted by Gasteiger charge is -2.08. The van der Waals surface area contributed by atoms with Crippen LogP contribution >= 0.6 is 11.3 Å². The van der Waals surface area contributed by atoms with Gasteiger partial charge in [-0.15, -0.1) is 16.4 Å². The quantitative estimate of drug-likeness (QED) is 0.380. The molecule has 0 atom stereocenters. The van der Waals surface area contributed by atoms with Gasteiger partial charge in [0.1, 0.15) is 17.5 Å². The highest BCUT2D eigenvalue weighted by Gasteiger charge is 2.19. The van der Waals surface area contributed by atoms with Crippen LogP contribution in [0.3, 0.4) is 0 Å². The summed E-state index contributed by atoms with van der Waals surface area (Å²) in [6.07, 6.45) is 0.820. The summed E-state index contributed by atoms with van der Waals surface area (Å²) >= 11 is 1.68. The zero-order valence-corrected chi connectivity index (χ0v) is 17.6. The van der Waals surface area contributed by atoms with Crippen molar-refractivity contribution in [3.05, 3.63) is 82.6 Å². The summed E-state index contributed by atoms with van der Waals surface area (Å²) in [4.78, 5) is 10.4. The van der Waals surface area contributed by atoms with Crippen LogP contribution in [0.25, 0.3) is 28.0 Å². The smallest absolute Gasteiger partial charge is 0.225 e. The van der Waals surface area contributed by atoms with Gasteiger partial charge in [0.15, 0.2) is 5.65 Å². The Bertz CT molecular complexity index is 1380. The Morgan fingerprint density at radius 3 is 2.56 bits per heavy atom. The number of hydrogen-bond acceptors (Lipinski definition) is 6. The highest BCUT2D eigenvalue weighted by Crippen LogP contribution is 2.33. The van der Waals surface area contributed by atoms with Gasteiger partial charge in [-0.3, -0.25) is 0 Å². The molecule has 32 heavy (non-hydrogen) atoms. The average Bonchev–Trinajstić information content (AvgIpc) is 3.42. The highest BCUT2D eigenvalue weighted by molar-refractivity contribution is 7.09. The molecule has 0 amide bonds. The summed E-state index contributed by atoms with van der Waals surface area (Å²) in [5.74, 6) is -0.0828. The predicted octanol–water partition coefficient (Wildman–Crippen LogP) is 5.06. The lowest BCUT2D eigenvalue weighted by Crippen LogP contribution is -2.08. The number of nitrogens with one attached hydrogen (secondary N) is 1. The van der Waals surface area contributed by atoms with Crippen molar-refractivity contribution >= 4 is 34.1 Å². The first-order valence-electron chi connectivity index (χ1n) is 9.93. The standard InChI is InChI=1S/C23H18F2N6S/c24-15-6-8-17(9-7-15)31-21(26)19-20(14-3-1-4-16(25)13-14)28-23(29-22(19)30-31)27-11-10-18-5-2-12-32-18/h1-9,12-13H,10-11,26H2,(H,27,29,30). The maximum absolute atomic E-state index is 14.0. The summed E-state index contributed by atoms with van der Waals surface area (Å²) in [6.45, 7) is 0.628. The molecule has 9 heteroatoms. The van der Waals surface area contributed by atoms with Gasteiger partial charge in [0.05, 0.1) is 16.8 Å². The van der Waals surface area contributed by atoms with Crippen molar-refractivity contribution in [1.29, 1.82) is 0 Å². The van der Waals surface area contributed by atoms with Crippen LogP contribution in [0.4, 0.5) is 20.5 Å². The second-order valence-corrected chi connectivity index (χ2v) is 8.17. The van der Waals surface area contributed by atoms with E-state index in [2.05, 4.69) is 26.4 Å². The summed E-state index contributed by atoms with van der Waals surface area (Å²) in [5, 5.41) is 10.3. The van der Waals surface area contributed by atoms with E-state index in [4.69, 9.17) is 5.73 Å². The molecule has 0 aliphatic heterocycles. The molecule has 3 N–H and O–H groups in total. The van der Waals surface area contributed by atoms with Crippen LogP contribution in [0.15, 0.2) is 66.0 Å². The second-order valence-electron chi connectivity index (χ2n) is 7.13. The van der Waals surface area contributed by atoms with Gasteiger partial charge in [-0.25, -0.2) is 18.4 Å². The van der Waals surface area contributed by atoms with Crippen LogP contribution in [0.1, 0.15) is 4.88 Å². The van der Waals surface area contributed by atoms with Crippen molar-refractivity contribution < 1.29 is 8.78 Å². The van der Waals surface area contributed by atoms with Gasteiger partial charge in [0, 0.05) is 17.0 Å². The normalized spacial score (nSPS) is 11.2. The van der Waals surface area contributed by atoms with Gasteiger partial charge in [0.2, 0.25) is 5.95 Å². The van der Waals surface area contributed by atoms with E-state index in [1.807, 2.05) is 11.4 Å². The van der Waals surface area contributed by atoms with Gasteiger partial charge in [-0.2, -0.15) is 4.98 Å². The van der Waals surface area contributed by atoms with Gasteiger partial charge in [-0.1, -0.05) is 18.2 Å². The Morgan fingerprint density at radius 2 is 1.81 bits per heavy atom.